The minimum absolute atomic E-state index is 0.512. The fraction of sp³-hybridized carbons (Fsp3) is 0.625. The zero-order chi connectivity index (χ0) is 11.9. The first-order valence-corrected chi connectivity index (χ1v) is 7.06. The second-order valence-electron chi connectivity index (χ2n) is 6.07. The van der Waals surface area contributed by atoms with E-state index in [1.165, 1.54) is 38.8 Å². The van der Waals surface area contributed by atoms with Crippen LogP contribution in [0.2, 0.25) is 0 Å². The monoisotopic (exact) mass is 229 g/mol. The van der Waals surface area contributed by atoms with Crippen molar-refractivity contribution in [2.24, 2.45) is 5.41 Å². The molecule has 0 unspecified atom stereocenters. The summed E-state index contributed by atoms with van der Waals surface area (Å²) in [6.07, 6.45) is 5.16. The van der Waals surface area contributed by atoms with E-state index in [-0.39, 0.29) is 0 Å². The molecule has 1 heteroatoms. The number of fused-ring (bicyclic) bond motifs is 3. The normalized spacial score (nSPS) is 31.1. The predicted molar refractivity (Wildman–Crippen MR) is 72.5 cm³/mol. The van der Waals surface area contributed by atoms with Gasteiger partial charge in [0, 0.05) is 19.0 Å². The Morgan fingerprint density at radius 3 is 3.12 bits per heavy atom. The van der Waals surface area contributed by atoms with Crippen LogP contribution in [0.25, 0.3) is 0 Å². The van der Waals surface area contributed by atoms with Gasteiger partial charge in [-0.25, -0.2) is 0 Å². The Kier molecular flexibility index (Phi) is 2.74. The number of hydrogen-bond donors (Lipinski definition) is 1. The van der Waals surface area contributed by atoms with Crippen LogP contribution in [0.1, 0.15) is 49.3 Å². The molecule has 3 rings (SSSR count). The first-order valence-electron chi connectivity index (χ1n) is 7.06. The van der Waals surface area contributed by atoms with Gasteiger partial charge in [0.05, 0.1) is 0 Å². The Morgan fingerprint density at radius 1 is 1.41 bits per heavy atom. The van der Waals surface area contributed by atoms with Crippen LogP contribution in [0.5, 0.6) is 0 Å². The molecule has 0 aromatic heterocycles. The molecule has 92 valence electrons. The van der Waals surface area contributed by atoms with Gasteiger partial charge in [-0.3, -0.25) is 0 Å². The van der Waals surface area contributed by atoms with E-state index >= 15 is 0 Å². The highest BCUT2D eigenvalue weighted by Gasteiger charge is 2.43. The van der Waals surface area contributed by atoms with Crippen molar-refractivity contribution in [2.45, 2.75) is 45.4 Å². The first-order chi connectivity index (χ1) is 8.24. The Bertz CT molecular complexity index is 424. The molecule has 0 amide bonds. The van der Waals surface area contributed by atoms with Gasteiger partial charge >= 0.3 is 0 Å². The van der Waals surface area contributed by atoms with E-state index in [0.717, 1.165) is 5.92 Å². The highest BCUT2D eigenvalue weighted by molar-refractivity contribution is 5.42. The van der Waals surface area contributed by atoms with Crippen LogP contribution in [0.4, 0.5) is 0 Å². The molecule has 1 aromatic rings. The zero-order valence-corrected chi connectivity index (χ0v) is 11.1. The smallest absolute Gasteiger partial charge is 0.00323 e. The molecule has 0 saturated carbocycles. The topological polar surface area (TPSA) is 12.0 Å². The van der Waals surface area contributed by atoms with E-state index in [0.29, 0.717) is 5.41 Å². The molecule has 1 heterocycles. The SMILES string of the molecule is CCCc1cccc2c1CC[C@@]1(C)CNC[C@H]21. The van der Waals surface area contributed by atoms with Gasteiger partial charge in [0.25, 0.3) is 0 Å². The maximum Gasteiger partial charge on any atom is 0.00323 e. The van der Waals surface area contributed by atoms with Crippen molar-refractivity contribution in [3.63, 3.8) is 0 Å². The van der Waals surface area contributed by atoms with Gasteiger partial charge in [0.1, 0.15) is 0 Å². The molecule has 1 saturated heterocycles. The summed E-state index contributed by atoms with van der Waals surface area (Å²) in [5, 5.41) is 3.60. The Hall–Kier alpha value is -0.820. The van der Waals surface area contributed by atoms with Crippen LogP contribution < -0.4 is 5.32 Å². The van der Waals surface area contributed by atoms with Crippen LogP contribution in [-0.2, 0) is 12.8 Å². The maximum atomic E-state index is 3.60. The number of hydrogen-bond acceptors (Lipinski definition) is 1. The Morgan fingerprint density at radius 2 is 2.29 bits per heavy atom. The van der Waals surface area contributed by atoms with E-state index < -0.39 is 0 Å². The Balaban J connectivity index is 2.04. The van der Waals surface area contributed by atoms with Gasteiger partial charge in [-0.1, -0.05) is 38.5 Å². The molecule has 1 aliphatic carbocycles. The standard InChI is InChI=1S/C16H23N/c1-3-5-12-6-4-7-14-13(12)8-9-16(2)11-17-10-15(14)16/h4,6-7,15,17H,3,5,8-11H2,1-2H3/t15-,16+/m1/s1. The third-order valence-electron chi connectivity index (χ3n) is 4.87. The molecule has 0 spiro atoms. The first kappa shape index (κ1) is 11.3. The summed E-state index contributed by atoms with van der Waals surface area (Å²) in [6.45, 7) is 7.13. The second-order valence-corrected chi connectivity index (χ2v) is 6.07. The van der Waals surface area contributed by atoms with Crippen molar-refractivity contribution in [2.75, 3.05) is 13.1 Å². The largest absolute Gasteiger partial charge is 0.316 e. The average molecular weight is 229 g/mol. The lowest BCUT2D eigenvalue weighted by molar-refractivity contribution is 0.277. The highest BCUT2D eigenvalue weighted by Crippen LogP contribution is 2.48. The minimum atomic E-state index is 0.512. The molecule has 1 N–H and O–H groups in total. The van der Waals surface area contributed by atoms with Crippen LogP contribution in [0.3, 0.4) is 0 Å². The fourth-order valence-corrected chi connectivity index (χ4v) is 3.82. The number of rotatable bonds is 2. The molecule has 2 aliphatic rings. The van der Waals surface area contributed by atoms with Crippen LogP contribution in [0, 0.1) is 5.41 Å². The number of nitrogens with one attached hydrogen (secondary N) is 1. The number of benzene rings is 1. The average Bonchev–Trinajstić information content (AvgIpc) is 2.72. The van der Waals surface area contributed by atoms with Gasteiger partial charge in [0.15, 0.2) is 0 Å². The summed E-state index contributed by atoms with van der Waals surface area (Å²) < 4.78 is 0. The lowest BCUT2D eigenvalue weighted by Crippen LogP contribution is -2.30. The minimum Gasteiger partial charge on any atom is -0.316 e. The molecule has 1 nitrogen and oxygen atoms in total. The summed E-state index contributed by atoms with van der Waals surface area (Å²) in [5.41, 5.74) is 5.45. The Labute approximate surface area is 105 Å². The summed E-state index contributed by atoms with van der Waals surface area (Å²) in [5.74, 6) is 0.753. The van der Waals surface area contributed by atoms with Gasteiger partial charge in [-0.2, -0.15) is 0 Å². The lowest BCUT2D eigenvalue weighted by atomic mass is 9.66. The third kappa shape index (κ3) is 1.72. The molecule has 1 fully saturated rings. The van der Waals surface area contributed by atoms with Crippen LogP contribution >= 0.6 is 0 Å². The van der Waals surface area contributed by atoms with Crippen molar-refractivity contribution in [3.05, 3.63) is 34.9 Å². The lowest BCUT2D eigenvalue weighted by Gasteiger charge is -2.37. The molecule has 17 heavy (non-hydrogen) atoms. The summed E-state index contributed by atoms with van der Waals surface area (Å²) >= 11 is 0. The number of aryl methyl sites for hydroxylation is 1. The van der Waals surface area contributed by atoms with Gasteiger partial charge < -0.3 is 5.32 Å². The molecule has 0 radical (unpaired) electrons. The fourth-order valence-electron chi connectivity index (χ4n) is 3.82. The summed E-state index contributed by atoms with van der Waals surface area (Å²) in [4.78, 5) is 0. The summed E-state index contributed by atoms with van der Waals surface area (Å²) in [7, 11) is 0. The van der Waals surface area contributed by atoms with Gasteiger partial charge in [0.2, 0.25) is 0 Å². The van der Waals surface area contributed by atoms with Crippen molar-refractivity contribution < 1.29 is 0 Å². The van der Waals surface area contributed by atoms with E-state index in [1.54, 1.807) is 16.7 Å². The zero-order valence-electron chi connectivity index (χ0n) is 11.1. The van der Waals surface area contributed by atoms with E-state index in [4.69, 9.17) is 0 Å². The molecular weight excluding hydrogens is 206 g/mol. The second kappa shape index (κ2) is 4.13. The van der Waals surface area contributed by atoms with Gasteiger partial charge in [-0.15, -0.1) is 0 Å². The predicted octanol–water partition coefficient (Wildman–Crippen LogP) is 3.28. The summed E-state index contributed by atoms with van der Waals surface area (Å²) in [6, 6.07) is 6.99. The van der Waals surface area contributed by atoms with Gasteiger partial charge in [-0.05, 0) is 41.4 Å². The van der Waals surface area contributed by atoms with Crippen LogP contribution in [0.15, 0.2) is 18.2 Å². The molecule has 1 aromatic carbocycles. The molecule has 2 atom stereocenters. The van der Waals surface area contributed by atoms with Crippen molar-refractivity contribution in [1.29, 1.82) is 0 Å². The van der Waals surface area contributed by atoms with Crippen molar-refractivity contribution in [3.8, 4) is 0 Å². The van der Waals surface area contributed by atoms with Crippen LogP contribution in [-0.4, -0.2) is 13.1 Å². The van der Waals surface area contributed by atoms with E-state index in [1.807, 2.05) is 0 Å². The quantitative estimate of drug-likeness (QED) is 0.820. The molecule has 1 aliphatic heterocycles. The highest BCUT2D eigenvalue weighted by atomic mass is 14.9. The van der Waals surface area contributed by atoms with Crippen molar-refractivity contribution in [1.82, 2.24) is 5.32 Å². The maximum absolute atomic E-state index is 3.60. The molecule has 0 bridgehead atoms. The van der Waals surface area contributed by atoms with E-state index in [9.17, 15) is 0 Å². The third-order valence-corrected chi connectivity index (χ3v) is 4.87. The van der Waals surface area contributed by atoms with Crippen molar-refractivity contribution >= 4 is 0 Å². The van der Waals surface area contributed by atoms with E-state index in [2.05, 4.69) is 37.4 Å². The molecular formula is C16H23N.